The summed E-state index contributed by atoms with van der Waals surface area (Å²) in [5.41, 5.74) is 0. The fourth-order valence-electron chi connectivity index (χ4n) is 2.28. The molecule has 0 aliphatic carbocycles. The third-order valence-corrected chi connectivity index (χ3v) is 3.75. The van der Waals surface area contributed by atoms with Gasteiger partial charge in [0.25, 0.3) is 0 Å². The summed E-state index contributed by atoms with van der Waals surface area (Å²) in [6.07, 6.45) is 0.336. The van der Waals surface area contributed by atoms with Crippen LogP contribution in [0, 0.1) is 0 Å². The third kappa shape index (κ3) is 8.01. The summed E-state index contributed by atoms with van der Waals surface area (Å²) < 4.78 is 8.70. The Bertz CT molecular complexity index is 548. The van der Waals surface area contributed by atoms with Gasteiger partial charge in [-0.1, -0.05) is 0 Å². The number of hydrogen-bond acceptors (Lipinski definition) is 6. The average Bonchev–Trinajstić information content (AvgIpc) is 2.88. The van der Waals surface area contributed by atoms with Gasteiger partial charge in [-0.2, -0.15) is 0 Å². The second kappa shape index (κ2) is 12.5. The number of carbonyl (C=O) groups is 4. The molecule has 4 amide bonds. The first-order valence-corrected chi connectivity index (χ1v) is 8.94. The van der Waals surface area contributed by atoms with Crippen LogP contribution in [0.1, 0.15) is 26.2 Å². The zero-order chi connectivity index (χ0) is 19.4. The van der Waals surface area contributed by atoms with E-state index in [1.807, 2.05) is 6.92 Å². The van der Waals surface area contributed by atoms with Crippen molar-refractivity contribution in [1.82, 2.24) is 20.8 Å². The number of rotatable bonds is 12. The van der Waals surface area contributed by atoms with Crippen LogP contribution in [-0.2, 0) is 23.9 Å². The molecule has 3 N–H and O–H groups in total. The molecule has 1 fully saturated rings. The zero-order valence-electron chi connectivity index (χ0n) is 14.8. The van der Waals surface area contributed by atoms with Crippen molar-refractivity contribution in [3.05, 3.63) is 0 Å². The molecule has 1 aliphatic rings. The van der Waals surface area contributed by atoms with Gasteiger partial charge in [-0.3, -0.25) is 4.79 Å². The molecule has 0 aromatic carbocycles. The number of nitrogens with one attached hydrogen (secondary N) is 3. The van der Waals surface area contributed by atoms with Crippen LogP contribution in [0.2, 0.25) is 0 Å². The van der Waals surface area contributed by atoms with Crippen molar-refractivity contribution >= 4 is 40.2 Å². The summed E-state index contributed by atoms with van der Waals surface area (Å²) >= 11 is 0. The Hall–Kier alpha value is -1.87. The zero-order valence-corrected chi connectivity index (χ0v) is 16.0. The van der Waals surface area contributed by atoms with Gasteiger partial charge >= 0.3 is 119 Å². The van der Waals surface area contributed by atoms with Crippen molar-refractivity contribution in [2.75, 3.05) is 32.8 Å². The fraction of sp³-hybridized carbons (Fsp3) is 0.714. The molecule has 2 atom stereocenters. The molecular formula is C14H25BN5O5P. The summed E-state index contributed by atoms with van der Waals surface area (Å²) in [5.74, 6) is -1.13. The molecule has 0 radical (unpaired) electrons. The molecule has 0 bridgehead atoms. The van der Waals surface area contributed by atoms with Gasteiger partial charge in [0.15, 0.2) is 0 Å². The topological polar surface area (TPSA) is 129 Å². The normalized spacial score (nSPS) is 16.7. The van der Waals surface area contributed by atoms with E-state index < -0.39 is 6.04 Å². The number of imide groups is 1. The van der Waals surface area contributed by atoms with Gasteiger partial charge in [0.1, 0.15) is 0 Å². The van der Waals surface area contributed by atoms with E-state index in [2.05, 4.69) is 29.9 Å². The molecule has 0 spiro atoms. The van der Waals surface area contributed by atoms with Gasteiger partial charge in [-0.15, -0.1) is 0 Å². The van der Waals surface area contributed by atoms with Crippen LogP contribution in [0.15, 0.2) is 4.67 Å². The van der Waals surface area contributed by atoms with Crippen LogP contribution in [0.25, 0.3) is 0 Å². The Morgan fingerprint density at radius 2 is 1.92 bits per heavy atom. The molecule has 0 aromatic heterocycles. The van der Waals surface area contributed by atoms with Crippen molar-refractivity contribution in [1.29, 1.82) is 0 Å². The molecular weight excluding hydrogens is 360 g/mol. The Labute approximate surface area is 155 Å². The molecule has 12 heteroatoms. The maximum absolute atomic E-state index is 12.1. The Kier molecular flexibility index (Phi) is 10.6. The summed E-state index contributed by atoms with van der Waals surface area (Å²) in [7, 11) is 3.45. The predicted molar refractivity (Wildman–Crippen MR) is 97.9 cm³/mol. The number of amides is 4. The van der Waals surface area contributed by atoms with Crippen LogP contribution < -0.4 is 15.9 Å². The first kappa shape index (κ1) is 22.2. The summed E-state index contributed by atoms with van der Waals surface area (Å²) in [5, 5.41) is 8.02. The van der Waals surface area contributed by atoms with Crippen molar-refractivity contribution < 1.29 is 23.9 Å². The van der Waals surface area contributed by atoms with Gasteiger partial charge in [-0.25, -0.2) is 0 Å². The number of ether oxygens (including phenoxy) is 1. The summed E-state index contributed by atoms with van der Waals surface area (Å²) in [6.45, 7) is 3.39. The minimum absolute atomic E-state index is 0.0141. The molecule has 144 valence electrons. The first-order chi connectivity index (χ1) is 12.5. The number of hydrogen-bond donors (Lipinski definition) is 3. The van der Waals surface area contributed by atoms with E-state index in [0.29, 0.717) is 19.8 Å². The molecule has 1 heterocycles. The average molecular weight is 385 g/mol. The van der Waals surface area contributed by atoms with E-state index in [0.717, 1.165) is 4.90 Å². The van der Waals surface area contributed by atoms with Crippen molar-refractivity contribution in [3.8, 4) is 0 Å². The molecule has 10 nitrogen and oxygen atoms in total. The minimum atomic E-state index is -0.637. The van der Waals surface area contributed by atoms with Gasteiger partial charge in [0, 0.05) is 13.0 Å². The van der Waals surface area contributed by atoms with E-state index >= 15 is 0 Å². The second-order valence-corrected chi connectivity index (χ2v) is 5.78. The second-order valence-electron chi connectivity index (χ2n) is 5.48. The SMILES string of the molecule is CCOCCC(=O)NCCNC(=O)CCN1C(=O)CC(N/B=N/P)C1=O. The van der Waals surface area contributed by atoms with E-state index in [-0.39, 0.29) is 56.0 Å². The van der Waals surface area contributed by atoms with Crippen molar-refractivity contribution in [3.63, 3.8) is 0 Å². The van der Waals surface area contributed by atoms with Crippen LogP contribution in [0.4, 0.5) is 0 Å². The molecule has 1 aliphatic heterocycles. The number of likely N-dealkylation sites (tertiary alicyclic amines) is 1. The van der Waals surface area contributed by atoms with E-state index in [9.17, 15) is 19.2 Å². The molecule has 26 heavy (non-hydrogen) atoms. The van der Waals surface area contributed by atoms with E-state index in [4.69, 9.17) is 4.74 Å². The van der Waals surface area contributed by atoms with Gasteiger partial charge in [0.05, 0.1) is 6.61 Å². The molecule has 1 saturated heterocycles. The molecule has 2 unspecified atom stereocenters. The summed E-state index contributed by atoms with van der Waals surface area (Å²) in [6, 6.07) is -0.637. The Morgan fingerprint density at radius 1 is 1.27 bits per heavy atom. The number of nitrogens with zero attached hydrogens (tertiary/aromatic N) is 2. The van der Waals surface area contributed by atoms with Gasteiger partial charge in [0.2, 0.25) is 0 Å². The predicted octanol–water partition coefficient (Wildman–Crippen LogP) is -1.65. The van der Waals surface area contributed by atoms with Crippen LogP contribution in [0.3, 0.4) is 0 Å². The quantitative estimate of drug-likeness (QED) is 0.160. The maximum atomic E-state index is 12.1. The van der Waals surface area contributed by atoms with Crippen LogP contribution >= 0.6 is 9.39 Å². The van der Waals surface area contributed by atoms with Gasteiger partial charge in [-0.05, 0) is 6.92 Å². The molecule has 1 rings (SSSR count). The fourth-order valence-corrected chi connectivity index (χ4v) is 2.37. The van der Waals surface area contributed by atoms with Crippen molar-refractivity contribution in [2.45, 2.75) is 32.2 Å². The third-order valence-electron chi connectivity index (χ3n) is 3.60. The van der Waals surface area contributed by atoms with Crippen LogP contribution in [0.5, 0.6) is 0 Å². The Morgan fingerprint density at radius 3 is 2.54 bits per heavy atom. The Balaban J connectivity index is 2.19. The monoisotopic (exact) mass is 385 g/mol. The van der Waals surface area contributed by atoms with E-state index in [1.54, 1.807) is 0 Å². The van der Waals surface area contributed by atoms with Gasteiger partial charge < -0.3 is 4.74 Å². The molecule has 0 aromatic rings. The first-order valence-electron chi connectivity index (χ1n) is 8.42. The van der Waals surface area contributed by atoms with Crippen LogP contribution in [-0.4, -0.2) is 74.6 Å². The standard InChI is InChI=1S/C14H25BN5O5P/c1-2-25-8-4-12(22)17-6-5-16-11(21)3-7-20-13(23)9-10(14(20)24)18-15-19-26/h10,18H,2-9,26H2,1H3,(H,16,21)(H,17,22). The van der Waals surface area contributed by atoms with Crippen molar-refractivity contribution in [2.24, 2.45) is 4.67 Å². The van der Waals surface area contributed by atoms with E-state index in [1.165, 1.54) is 7.21 Å². The summed E-state index contributed by atoms with van der Waals surface area (Å²) in [4.78, 5) is 48.2. The molecule has 0 saturated carbocycles. The number of carbonyl (C=O) groups excluding carboxylic acids is 4.